The molecule has 2 rings (SSSR count). The number of carbonyl (C=O) groups is 2. The standard InChI is InChI=1S/C17H23BrN2O5S/c1-11(2)15(17(22)23)19-16(21)12-4-3-9-20(10-12)26(24,25)14-7-5-13(18)6-8-14/h5-8,11-12,15H,3-4,9-10H2,1-2H3,(H,19,21)(H,22,23)/t12?,15-/m1/s1. The molecule has 26 heavy (non-hydrogen) atoms. The van der Waals surface area contributed by atoms with Gasteiger partial charge in [-0.3, -0.25) is 4.79 Å². The van der Waals surface area contributed by atoms with E-state index in [-0.39, 0.29) is 17.4 Å². The van der Waals surface area contributed by atoms with Crippen molar-refractivity contribution in [2.24, 2.45) is 11.8 Å². The Morgan fingerprint density at radius 2 is 1.88 bits per heavy atom. The molecule has 0 aromatic heterocycles. The Morgan fingerprint density at radius 3 is 2.42 bits per heavy atom. The summed E-state index contributed by atoms with van der Waals surface area (Å²) in [6, 6.07) is 5.35. The molecule has 2 atom stereocenters. The molecule has 0 bridgehead atoms. The zero-order chi connectivity index (χ0) is 19.5. The Labute approximate surface area is 161 Å². The van der Waals surface area contributed by atoms with Gasteiger partial charge in [-0.25, -0.2) is 13.2 Å². The molecule has 1 aliphatic rings. The van der Waals surface area contributed by atoms with Gasteiger partial charge >= 0.3 is 5.97 Å². The first-order chi connectivity index (χ1) is 12.1. The van der Waals surface area contributed by atoms with Gasteiger partial charge in [0.1, 0.15) is 6.04 Å². The van der Waals surface area contributed by atoms with E-state index < -0.39 is 33.9 Å². The Bertz CT molecular complexity index is 764. The van der Waals surface area contributed by atoms with Crippen molar-refractivity contribution in [3.8, 4) is 0 Å². The van der Waals surface area contributed by atoms with Crippen LogP contribution >= 0.6 is 15.9 Å². The van der Waals surface area contributed by atoms with Crippen LogP contribution in [0.1, 0.15) is 26.7 Å². The Morgan fingerprint density at radius 1 is 1.27 bits per heavy atom. The van der Waals surface area contributed by atoms with Crippen LogP contribution in [0.25, 0.3) is 0 Å². The molecule has 0 aliphatic carbocycles. The number of carboxylic acids is 1. The van der Waals surface area contributed by atoms with Crippen LogP contribution in [0.5, 0.6) is 0 Å². The Kier molecular flexibility index (Phi) is 6.81. The lowest BCUT2D eigenvalue weighted by Crippen LogP contribution is -2.50. The minimum absolute atomic E-state index is 0.0503. The number of carboxylic acid groups (broad SMARTS) is 1. The van der Waals surface area contributed by atoms with E-state index in [1.165, 1.54) is 16.4 Å². The van der Waals surface area contributed by atoms with Gasteiger partial charge in [0.25, 0.3) is 0 Å². The molecule has 1 amide bonds. The molecule has 2 N–H and O–H groups in total. The van der Waals surface area contributed by atoms with E-state index in [1.807, 2.05) is 0 Å². The molecular formula is C17H23BrN2O5S. The van der Waals surface area contributed by atoms with Crippen molar-refractivity contribution in [2.75, 3.05) is 13.1 Å². The highest BCUT2D eigenvalue weighted by molar-refractivity contribution is 9.10. The number of hydrogen-bond acceptors (Lipinski definition) is 4. The summed E-state index contributed by atoms with van der Waals surface area (Å²) in [4.78, 5) is 23.9. The molecular weight excluding hydrogens is 424 g/mol. The maximum atomic E-state index is 12.8. The highest BCUT2D eigenvalue weighted by Gasteiger charge is 2.35. The molecule has 0 spiro atoms. The van der Waals surface area contributed by atoms with Gasteiger partial charge < -0.3 is 10.4 Å². The molecule has 0 radical (unpaired) electrons. The number of rotatable bonds is 6. The van der Waals surface area contributed by atoms with Crippen molar-refractivity contribution < 1.29 is 23.1 Å². The van der Waals surface area contributed by atoms with Gasteiger partial charge in [0.05, 0.1) is 10.8 Å². The summed E-state index contributed by atoms with van der Waals surface area (Å²) >= 11 is 3.27. The van der Waals surface area contributed by atoms with E-state index in [2.05, 4.69) is 21.2 Å². The van der Waals surface area contributed by atoms with Crippen LogP contribution in [-0.2, 0) is 19.6 Å². The largest absolute Gasteiger partial charge is 0.480 e. The minimum Gasteiger partial charge on any atom is -0.480 e. The quantitative estimate of drug-likeness (QED) is 0.695. The molecule has 1 fully saturated rings. The summed E-state index contributed by atoms with van der Waals surface area (Å²) in [6.45, 7) is 3.82. The molecule has 144 valence electrons. The zero-order valence-corrected chi connectivity index (χ0v) is 17.1. The summed E-state index contributed by atoms with van der Waals surface area (Å²) in [5, 5.41) is 11.8. The number of nitrogens with one attached hydrogen (secondary N) is 1. The molecule has 1 unspecified atom stereocenters. The molecule has 1 aliphatic heterocycles. The van der Waals surface area contributed by atoms with Crippen molar-refractivity contribution >= 4 is 37.8 Å². The van der Waals surface area contributed by atoms with Crippen LogP contribution in [-0.4, -0.2) is 48.8 Å². The number of benzene rings is 1. The number of halogens is 1. The van der Waals surface area contributed by atoms with E-state index in [4.69, 9.17) is 0 Å². The lowest BCUT2D eigenvalue weighted by Gasteiger charge is -2.32. The number of sulfonamides is 1. The van der Waals surface area contributed by atoms with E-state index >= 15 is 0 Å². The molecule has 1 aromatic rings. The van der Waals surface area contributed by atoms with Crippen molar-refractivity contribution in [1.29, 1.82) is 0 Å². The fraction of sp³-hybridized carbons (Fsp3) is 0.529. The van der Waals surface area contributed by atoms with E-state index in [0.29, 0.717) is 19.4 Å². The van der Waals surface area contributed by atoms with Gasteiger partial charge in [0.15, 0.2) is 0 Å². The van der Waals surface area contributed by atoms with Crippen molar-refractivity contribution in [2.45, 2.75) is 37.6 Å². The smallest absolute Gasteiger partial charge is 0.326 e. The molecule has 1 aromatic carbocycles. The van der Waals surface area contributed by atoms with Crippen LogP contribution in [0.4, 0.5) is 0 Å². The van der Waals surface area contributed by atoms with Gasteiger partial charge in [-0.15, -0.1) is 0 Å². The average molecular weight is 447 g/mol. The number of hydrogen-bond donors (Lipinski definition) is 2. The number of carbonyl (C=O) groups excluding carboxylic acids is 1. The third-order valence-electron chi connectivity index (χ3n) is 4.44. The minimum atomic E-state index is -3.69. The normalized spacial score (nSPS) is 19.9. The monoisotopic (exact) mass is 446 g/mol. The fourth-order valence-corrected chi connectivity index (χ4v) is 4.70. The van der Waals surface area contributed by atoms with Crippen LogP contribution in [0.2, 0.25) is 0 Å². The number of nitrogens with zero attached hydrogens (tertiary/aromatic N) is 1. The summed E-state index contributed by atoms with van der Waals surface area (Å²) in [6.07, 6.45) is 1.08. The van der Waals surface area contributed by atoms with Crippen LogP contribution in [0, 0.1) is 11.8 Å². The maximum absolute atomic E-state index is 12.8. The third kappa shape index (κ3) is 4.83. The van der Waals surface area contributed by atoms with Crippen molar-refractivity contribution in [3.05, 3.63) is 28.7 Å². The van der Waals surface area contributed by atoms with Gasteiger partial charge in [-0.05, 0) is 43.0 Å². The SMILES string of the molecule is CC(C)[C@@H](NC(=O)C1CCCN(S(=O)(=O)c2ccc(Br)cc2)C1)C(=O)O. The average Bonchev–Trinajstić information content (AvgIpc) is 2.59. The van der Waals surface area contributed by atoms with E-state index in [0.717, 1.165) is 4.47 Å². The third-order valence-corrected chi connectivity index (χ3v) is 6.84. The first kappa shape index (κ1) is 20.9. The summed E-state index contributed by atoms with van der Waals surface area (Å²) in [5.41, 5.74) is 0. The number of aliphatic carboxylic acids is 1. The lowest BCUT2D eigenvalue weighted by atomic mass is 9.97. The predicted octanol–water partition coefficient (Wildman–Crippen LogP) is 2.08. The molecule has 1 heterocycles. The van der Waals surface area contributed by atoms with Gasteiger partial charge in [-0.1, -0.05) is 29.8 Å². The highest BCUT2D eigenvalue weighted by Crippen LogP contribution is 2.25. The Balaban J connectivity index is 2.12. The van der Waals surface area contributed by atoms with Crippen molar-refractivity contribution in [3.63, 3.8) is 0 Å². The lowest BCUT2D eigenvalue weighted by molar-refractivity contribution is -0.144. The second-order valence-corrected chi connectivity index (χ2v) is 9.58. The summed E-state index contributed by atoms with van der Waals surface area (Å²) in [5.74, 6) is -2.33. The zero-order valence-electron chi connectivity index (χ0n) is 14.7. The topological polar surface area (TPSA) is 104 Å². The maximum Gasteiger partial charge on any atom is 0.326 e. The molecule has 1 saturated heterocycles. The Hall–Kier alpha value is -1.45. The van der Waals surface area contributed by atoms with Crippen LogP contribution in [0.3, 0.4) is 0 Å². The van der Waals surface area contributed by atoms with Gasteiger partial charge in [0.2, 0.25) is 15.9 Å². The van der Waals surface area contributed by atoms with Gasteiger partial charge in [0, 0.05) is 17.6 Å². The van der Waals surface area contributed by atoms with E-state index in [1.54, 1.807) is 26.0 Å². The van der Waals surface area contributed by atoms with Gasteiger partial charge in [-0.2, -0.15) is 4.31 Å². The molecule has 9 heteroatoms. The fourth-order valence-electron chi connectivity index (χ4n) is 2.92. The molecule has 0 saturated carbocycles. The number of amides is 1. The summed E-state index contributed by atoms with van der Waals surface area (Å²) in [7, 11) is -3.69. The predicted molar refractivity (Wildman–Crippen MR) is 100 cm³/mol. The van der Waals surface area contributed by atoms with E-state index in [9.17, 15) is 23.1 Å². The second kappa shape index (κ2) is 8.49. The van der Waals surface area contributed by atoms with Crippen LogP contribution < -0.4 is 5.32 Å². The first-order valence-corrected chi connectivity index (χ1v) is 10.6. The summed E-state index contributed by atoms with van der Waals surface area (Å²) < 4.78 is 27.7. The first-order valence-electron chi connectivity index (χ1n) is 8.42. The van der Waals surface area contributed by atoms with Crippen molar-refractivity contribution in [1.82, 2.24) is 9.62 Å². The molecule has 7 nitrogen and oxygen atoms in total. The second-order valence-electron chi connectivity index (χ2n) is 6.72. The number of piperidine rings is 1. The highest BCUT2D eigenvalue weighted by atomic mass is 79.9. The van der Waals surface area contributed by atoms with Crippen LogP contribution in [0.15, 0.2) is 33.6 Å².